The molecule has 2 aromatic carbocycles. The van der Waals surface area contributed by atoms with Gasteiger partial charge in [0.25, 0.3) is 5.91 Å². The van der Waals surface area contributed by atoms with Crippen LogP contribution < -0.4 is 4.90 Å². The fraction of sp³-hybridized carbons (Fsp3) is 0.364. The second-order valence-corrected chi connectivity index (χ2v) is 7.77. The second kappa shape index (κ2) is 7.21. The van der Waals surface area contributed by atoms with Crippen molar-refractivity contribution in [3.63, 3.8) is 0 Å². The first kappa shape index (κ1) is 18.0. The Bertz CT molecular complexity index is 802. The molecular weight excluding hydrogens is 322 g/mol. The molecule has 0 aliphatic carbocycles. The summed E-state index contributed by atoms with van der Waals surface area (Å²) in [5, 5.41) is 8.90. The van der Waals surface area contributed by atoms with Gasteiger partial charge in [-0.05, 0) is 47.4 Å². The van der Waals surface area contributed by atoms with Gasteiger partial charge in [-0.3, -0.25) is 4.79 Å². The third-order valence-corrected chi connectivity index (χ3v) is 4.93. The van der Waals surface area contributed by atoms with Crippen molar-refractivity contribution in [3.05, 3.63) is 65.2 Å². The molecule has 134 valence electrons. The average molecular weight is 347 g/mol. The van der Waals surface area contributed by atoms with Crippen molar-refractivity contribution in [2.24, 2.45) is 0 Å². The molecule has 26 heavy (non-hydrogen) atoms. The fourth-order valence-electron chi connectivity index (χ4n) is 3.21. The highest BCUT2D eigenvalue weighted by Crippen LogP contribution is 2.23. The van der Waals surface area contributed by atoms with E-state index in [0.717, 1.165) is 24.3 Å². The minimum absolute atomic E-state index is 0.0916. The van der Waals surface area contributed by atoms with Crippen LogP contribution in [0.4, 0.5) is 5.69 Å². The predicted molar refractivity (Wildman–Crippen MR) is 104 cm³/mol. The van der Waals surface area contributed by atoms with Gasteiger partial charge in [-0.25, -0.2) is 0 Å². The largest absolute Gasteiger partial charge is 0.368 e. The molecule has 1 amide bonds. The van der Waals surface area contributed by atoms with Crippen LogP contribution in [0.5, 0.6) is 0 Å². The lowest BCUT2D eigenvalue weighted by molar-refractivity contribution is 0.0746. The van der Waals surface area contributed by atoms with E-state index in [2.05, 4.69) is 43.9 Å². The number of benzene rings is 2. The first-order valence-corrected chi connectivity index (χ1v) is 9.03. The molecule has 1 fully saturated rings. The Labute approximate surface area is 155 Å². The quantitative estimate of drug-likeness (QED) is 0.830. The first-order valence-electron chi connectivity index (χ1n) is 9.03. The summed E-state index contributed by atoms with van der Waals surface area (Å²) in [7, 11) is 0. The van der Waals surface area contributed by atoms with E-state index in [1.165, 1.54) is 5.56 Å². The van der Waals surface area contributed by atoms with Gasteiger partial charge in [0, 0.05) is 37.4 Å². The maximum Gasteiger partial charge on any atom is 0.253 e. The zero-order valence-electron chi connectivity index (χ0n) is 15.7. The van der Waals surface area contributed by atoms with E-state index in [1.807, 2.05) is 41.3 Å². The van der Waals surface area contributed by atoms with Crippen LogP contribution in [0.2, 0.25) is 0 Å². The standard InChI is InChI=1S/C22H25N3O/c1-22(2,3)19-8-6-18(7-9-19)21(26)25-14-12-24(13-15-25)20-10-4-17(16-23)5-11-20/h4-11H,12-15H2,1-3H3. The number of amides is 1. The Balaban J connectivity index is 1.62. The molecule has 1 saturated heterocycles. The number of hydrogen-bond donors (Lipinski definition) is 0. The minimum atomic E-state index is 0.0916. The van der Waals surface area contributed by atoms with Gasteiger partial charge < -0.3 is 9.80 Å². The molecule has 0 radical (unpaired) electrons. The number of carbonyl (C=O) groups excluding carboxylic acids is 1. The number of rotatable bonds is 2. The van der Waals surface area contributed by atoms with E-state index < -0.39 is 0 Å². The molecule has 0 spiro atoms. The molecule has 3 rings (SSSR count). The van der Waals surface area contributed by atoms with E-state index in [-0.39, 0.29) is 11.3 Å². The van der Waals surface area contributed by atoms with Gasteiger partial charge in [0.05, 0.1) is 11.6 Å². The third kappa shape index (κ3) is 3.88. The molecule has 0 bridgehead atoms. The van der Waals surface area contributed by atoms with Gasteiger partial charge in [0.1, 0.15) is 0 Å². The van der Waals surface area contributed by atoms with E-state index in [9.17, 15) is 4.79 Å². The summed E-state index contributed by atoms with van der Waals surface area (Å²) < 4.78 is 0. The van der Waals surface area contributed by atoms with Crippen molar-refractivity contribution < 1.29 is 4.79 Å². The van der Waals surface area contributed by atoms with E-state index >= 15 is 0 Å². The highest BCUT2D eigenvalue weighted by atomic mass is 16.2. The lowest BCUT2D eigenvalue weighted by Crippen LogP contribution is -2.48. The number of nitriles is 1. The van der Waals surface area contributed by atoms with Gasteiger partial charge >= 0.3 is 0 Å². The van der Waals surface area contributed by atoms with Crippen molar-refractivity contribution in [1.29, 1.82) is 5.26 Å². The summed E-state index contributed by atoms with van der Waals surface area (Å²) in [5.74, 6) is 0.102. The molecule has 0 unspecified atom stereocenters. The van der Waals surface area contributed by atoms with Crippen molar-refractivity contribution in [2.75, 3.05) is 31.1 Å². The molecule has 1 aliphatic heterocycles. The molecule has 4 heteroatoms. The van der Waals surface area contributed by atoms with Gasteiger partial charge in [-0.1, -0.05) is 32.9 Å². The van der Waals surface area contributed by atoms with Crippen LogP contribution in [-0.4, -0.2) is 37.0 Å². The summed E-state index contributed by atoms with van der Waals surface area (Å²) in [5.41, 5.74) is 3.85. The number of piperazine rings is 1. The summed E-state index contributed by atoms with van der Waals surface area (Å²) in [6.45, 7) is 9.54. The van der Waals surface area contributed by atoms with Crippen LogP contribution in [0, 0.1) is 11.3 Å². The molecule has 0 aromatic heterocycles. The monoisotopic (exact) mass is 347 g/mol. The Hall–Kier alpha value is -2.80. The molecular formula is C22H25N3O. The molecule has 2 aromatic rings. The van der Waals surface area contributed by atoms with Crippen LogP contribution in [0.25, 0.3) is 0 Å². The summed E-state index contributed by atoms with van der Waals surface area (Å²) >= 11 is 0. The highest BCUT2D eigenvalue weighted by molar-refractivity contribution is 5.94. The zero-order valence-corrected chi connectivity index (χ0v) is 15.7. The first-order chi connectivity index (χ1) is 12.4. The van der Waals surface area contributed by atoms with Gasteiger partial charge in [0.15, 0.2) is 0 Å². The van der Waals surface area contributed by atoms with Crippen LogP contribution in [0.15, 0.2) is 48.5 Å². The fourth-order valence-corrected chi connectivity index (χ4v) is 3.21. The maximum absolute atomic E-state index is 12.8. The third-order valence-electron chi connectivity index (χ3n) is 4.93. The van der Waals surface area contributed by atoms with Crippen molar-refractivity contribution >= 4 is 11.6 Å². The zero-order chi connectivity index (χ0) is 18.7. The van der Waals surface area contributed by atoms with Gasteiger partial charge in [-0.2, -0.15) is 5.26 Å². The Kier molecular flexibility index (Phi) is 4.99. The SMILES string of the molecule is CC(C)(C)c1ccc(C(=O)N2CCN(c3ccc(C#N)cc3)CC2)cc1. The molecule has 0 atom stereocenters. The molecule has 1 aliphatic rings. The van der Waals surface area contributed by atoms with Crippen LogP contribution in [-0.2, 0) is 5.41 Å². The normalized spacial score (nSPS) is 14.8. The van der Waals surface area contributed by atoms with Crippen LogP contribution in [0.3, 0.4) is 0 Å². The number of hydrogen-bond acceptors (Lipinski definition) is 3. The molecule has 4 nitrogen and oxygen atoms in total. The van der Waals surface area contributed by atoms with Crippen molar-refractivity contribution in [3.8, 4) is 6.07 Å². The Morgan fingerprint density at radius 1 is 0.923 bits per heavy atom. The summed E-state index contributed by atoms with van der Waals surface area (Å²) in [4.78, 5) is 16.9. The topological polar surface area (TPSA) is 47.3 Å². The van der Waals surface area contributed by atoms with E-state index in [1.54, 1.807) is 0 Å². The molecule has 0 saturated carbocycles. The van der Waals surface area contributed by atoms with Gasteiger partial charge in [0.2, 0.25) is 0 Å². The molecule has 1 heterocycles. The van der Waals surface area contributed by atoms with Crippen LogP contribution >= 0.6 is 0 Å². The number of carbonyl (C=O) groups is 1. The Morgan fingerprint density at radius 2 is 1.50 bits per heavy atom. The van der Waals surface area contributed by atoms with Crippen molar-refractivity contribution in [2.45, 2.75) is 26.2 Å². The highest BCUT2D eigenvalue weighted by Gasteiger charge is 2.23. The smallest absolute Gasteiger partial charge is 0.253 e. The van der Waals surface area contributed by atoms with E-state index in [4.69, 9.17) is 5.26 Å². The van der Waals surface area contributed by atoms with Crippen molar-refractivity contribution in [1.82, 2.24) is 4.90 Å². The van der Waals surface area contributed by atoms with E-state index in [0.29, 0.717) is 18.7 Å². The second-order valence-electron chi connectivity index (χ2n) is 7.77. The van der Waals surface area contributed by atoms with Gasteiger partial charge in [-0.15, -0.1) is 0 Å². The minimum Gasteiger partial charge on any atom is -0.368 e. The lowest BCUT2D eigenvalue weighted by Gasteiger charge is -2.36. The summed E-state index contributed by atoms with van der Waals surface area (Å²) in [6.07, 6.45) is 0. The average Bonchev–Trinajstić information content (AvgIpc) is 2.67. The molecule has 0 N–H and O–H groups in total. The number of nitrogens with zero attached hydrogens (tertiary/aromatic N) is 3. The lowest BCUT2D eigenvalue weighted by atomic mass is 9.86. The summed E-state index contributed by atoms with van der Waals surface area (Å²) in [6, 6.07) is 17.8. The Morgan fingerprint density at radius 3 is 2.00 bits per heavy atom. The van der Waals surface area contributed by atoms with Crippen LogP contribution in [0.1, 0.15) is 42.3 Å². The maximum atomic E-state index is 12.8. The number of anilines is 1. The predicted octanol–water partition coefficient (Wildman–Crippen LogP) is 3.82.